The van der Waals surface area contributed by atoms with Gasteiger partial charge in [0.25, 0.3) is 5.91 Å². The van der Waals surface area contributed by atoms with E-state index in [0.29, 0.717) is 11.4 Å². The molecule has 0 aliphatic heterocycles. The average molecular weight is 180 g/mol. The monoisotopic (exact) mass is 180 g/mol. The summed E-state index contributed by atoms with van der Waals surface area (Å²) < 4.78 is 4.95. The molecule has 1 rings (SSSR count). The third-order valence-corrected chi connectivity index (χ3v) is 1.65. The lowest BCUT2D eigenvalue weighted by atomic mass is 10.2. The van der Waals surface area contributed by atoms with Gasteiger partial charge in [-0.2, -0.15) is 0 Å². The summed E-state index contributed by atoms with van der Waals surface area (Å²) in [4.78, 5) is 15.3. The molecule has 0 atom stereocenters. The van der Waals surface area contributed by atoms with Gasteiger partial charge in [0.2, 0.25) is 5.88 Å². The van der Waals surface area contributed by atoms with E-state index in [0.717, 1.165) is 5.56 Å². The highest BCUT2D eigenvalue weighted by Gasteiger charge is 2.11. The van der Waals surface area contributed by atoms with E-state index in [-0.39, 0.29) is 5.91 Å². The largest absolute Gasteiger partial charge is 0.480 e. The second-order valence-corrected chi connectivity index (χ2v) is 2.65. The molecule has 0 saturated heterocycles. The summed E-state index contributed by atoms with van der Waals surface area (Å²) in [6.45, 7) is 1.87. The second kappa shape index (κ2) is 3.89. The van der Waals surface area contributed by atoms with Crippen LogP contribution in [-0.2, 0) is 0 Å². The standard InChI is InChI=1S/C9H12N2O2/c1-6-4-7(8(12)10-2)9(13-3)11-5-6/h4-5H,1-3H3,(H,10,12). The lowest BCUT2D eigenvalue weighted by Gasteiger charge is -2.06. The van der Waals surface area contributed by atoms with E-state index in [9.17, 15) is 4.79 Å². The van der Waals surface area contributed by atoms with Gasteiger partial charge in [-0.05, 0) is 18.6 Å². The van der Waals surface area contributed by atoms with Gasteiger partial charge in [-0.15, -0.1) is 0 Å². The van der Waals surface area contributed by atoms with E-state index in [1.165, 1.54) is 7.11 Å². The number of aryl methyl sites for hydroxylation is 1. The Morgan fingerprint density at radius 2 is 2.31 bits per heavy atom. The minimum absolute atomic E-state index is 0.187. The first-order chi connectivity index (χ1) is 6.19. The minimum atomic E-state index is -0.187. The van der Waals surface area contributed by atoms with E-state index in [4.69, 9.17) is 4.74 Å². The van der Waals surface area contributed by atoms with Crippen molar-refractivity contribution in [1.82, 2.24) is 10.3 Å². The molecule has 4 heteroatoms. The van der Waals surface area contributed by atoms with Crippen molar-refractivity contribution < 1.29 is 9.53 Å². The predicted octanol–water partition coefficient (Wildman–Crippen LogP) is 0.758. The molecule has 1 amide bonds. The molecule has 0 spiro atoms. The van der Waals surface area contributed by atoms with Crippen molar-refractivity contribution in [2.24, 2.45) is 0 Å². The summed E-state index contributed by atoms with van der Waals surface area (Å²) in [6, 6.07) is 1.74. The van der Waals surface area contributed by atoms with Crippen LogP contribution in [0.3, 0.4) is 0 Å². The fourth-order valence-electron chi connectivity index (χ4n) is 1.02. The van der Waals surface area contributed by atoms with Crippen molar-refractivity contribution in [3.8, 4) is 5.88 Å². The number of hydrogen-bond acceptors (Lipinski definition) is 3. The predicted molar refractivity (Wildman–Crippen MR) is 48.9 cm³/mol. The lowest BCUT2D eigenvalue weighted by molar-refractivity contribution is 0.0959. The van der Waals surface area contributed by atoms with E-state index in [2.05, 4.69) is 10.3 Å². The number of pyridine rings is 1. The number of nitrogens with one attached hydrogen (secondary N) is 1. The summed E-state index contributed by atoms with van der Waals surface area (Å²) >= 11 is 0. The number of methoxy groups -OCH3 is 1. The van der Waals surface area contributed by atoms with Crippen molar-refractivity contribution in [1.29, 1.82) is 0 Å². The van der Waals surface area contributed by atoms with Crippen LogP contribution >= 0.6 is 0 Å². The normalized spacial score (nSPS) is 9.46. The van der Waals surface area contributed by atoms with Gasteiger partial charge in [0.1, 0.15) is 5.56 Å². The van der Waals surface area contributed by atoms with Gasteiger partial charge in [-0.3, -0.25) is 4.79 Å². The third-order valence-electron chi connectivity index (χ3n) is 1.65. The van der Waals surface area contributed by atoms with Crippen molar-refractivity contribution >= 4 is 5.91 Å². The molecule has 0 bridgehead atoms. The number of hydrogen-bond donors (Lipinski definition) is 1. The summed E-state index contributed by atoms with van der Waals surface area (Å²) in [5.74, 6) is 0.165. The van der Waals surface area contributed by atoms with Gasteiger partial charge in [-0.1, -0.05) is 0 Å². The van der Waals surface area contributed by atoms with Crippen LogP contribution in [0.2, 0.25) is 0 Å². The Balaban J connectivity index is 3.15. The smallest absolute Gasteiger partial charge is 0.256 e. The van der Waals surface area contributed by atoms with Gasteiger partial charge in [0, 0.05) is 13.2 Å². The van der Waals surface area contributed by atoms with Gasteiger partial charge >= 0.3 is 0 Å². The molecule has 0 unspecified atom stereocenters. The molecule has 0 saturated carbocycles. The van der Waals surface area contributed by atoms with E-state index >= 15 is 0 Å². The number of aromatic nitrogens is 1. The summed E-state index contributed by atoms with van der Waals surface area (Å²) in [6.07, 6.45) is 1.66. The zero-order valence-corrected chi connectivity index (χ0v) is 7.92. The van der Waals surface area contributed by atoms with Gasteiger partial charge in [0.15, 0.2) is 0 Å². The van der Waals surface area contributed by atoms with Crippen LogP contribution in [0.1, 0.15) is 15.9 Å². The lowest BCUT2D eigenvalue weighted by Crippen LogP contribution is -2.19. The molecule has 0 aliphatic carbocycles. The number of ether oxygens (including phenoxy) is 1. The zero-order valence-electron chi connectivity index (χ0n) is 7.92. The Bertz CT molecular complexity index is 323. The number of carbonyl (C=O) groups is 1. The van der Waals surface area contributed by atoms with Crippen LogP contribution in [0.4, 0.5) is 0 Å². The van der Waals surface area contributed by atoms with Crippen LogP contribution in [0.15, 0.2) is 12.3 Å². The fraction of sp³-hybridized carbons (Fsp3) is 0.333. The summed E-state index contributed by atoms with van der Waals surface area (Å²) in [5.41, 5.74) is 1.39. The summed E-state index contributed by atoms with van der Waals surface area (Å²) in [5, 5.41) is 2.52. The SMILES string of the molecule is CNC(=O)c1cc(C)cnc1OC. The highest BCUT2D eigenvalue weighted by molar-refractivity contribution is 5.96. The van der Waals surface area contributed by atoms with Gasteiger partial charge in [0.05, 0.1) is 7.11 Å². The molecule has 70 valence electrons. The first-order valence-corrected chi connectivity index (χ1v) is 3.91. The van der Waals surface area contributed by atoms with Crippen LogP contribution in [0, 0.1) is 6.92 Å². The minimum Gasteiger partial charge on any atom is -0.480 e. The van der Waals surface area contributed by atoms with Crippen molar-refractivity contribution in [2.45, 2.75) is 6.92 Å². The van der Waals surface area contributed by atoms with Gasteiger partial charge < -0.3 is 10.1 Å². The van der Waals surface area contributed by atoms with E-state index in [1.807, 2.05) is 6.92 Å². The molecular formula is C9H12N2O2. The first kappa shape index (κ1) is 9.51. The molecule has 0 fully saturated rings. The highest BCUT2D eigenvalue weighted by Crippen LogP contribution is 2.15. The molecule has 4 nitrogen and oxygen atoms in total. The topological polar surface area (TPSA) is 51.2 Å². The van der Waals surface area contributed by atoms with Crippen LogP contribution in [-0.4, -0.2) is 25.0 Å². The molecule has 0 radical (unpaired) electrons. The number of amides is 1. The number of carbonyl (C=O) groups excluding carboxylic acids is 1. The molecule has 1 heterocycles. The van der Waals surface area contributed by atoms with Crippen LogP contribution in [0.25, 0.3) is 0 Å². The molecule has 1 aromatic rings. The molecule has 1 aromatic heterocycles. The molecule has 0 aromatic carbocycles. The Morgan fingerprint density at radius 3 is 2.85 bits per heavy atom. The number of rotatable bonds is 2. The quantitative estimate of drug-likeness (QED) is 0.731. The van der Waals surface area contributed by atoms with Crippen molar-refractivity contribution in [2.75, 3.05) is 14.2 Å². The fourth-order valence-corrected chi connectivity index (χ4v) is 1.02. The Labute approximate surface area is 76.9 Å². The van der Waals surface area contributed by atoms with E-state index in [1.54, 1.807) is 19.3 Å². The third kappa shape index (κ3) is 1.96. The average Bonchev–Trinajstić information content (AvgIpc) is 2.16. The molecular weight excluding hydrogens is 168 g/mol. The maximum absolute atomic E-state index is 11.3. The van der Waals surface area contributed by atoms with Gasteiger partial charge in [-0.25, -0.2) is 4.98 Å². The maximum Gasteiger partial charge on any atom is 0.256 e. The van der Waals surface area contributed by atoms with Crippen LogP contribution < -0.4 is 10.1 Å². The van der Waals surface area contributed by atoms with E-state index < -0.39 is 0 Å². The number of nitrogens with zero attached hydrogens (tertiary/aromatic N) is 1. The maximum atomic E-state index is 11.3. The molecule has 0 aliphatic rings. The Hall–Kier alpha value is -1.58. The Morgan fingerprint density at radius 1 is 1.62 bits per heavy atom. The van der Waals surface area contributed by atoms with Crippen molar-refractivity contribution in [3.05, 3.63) is 23.4 Å². The molecule has 13 heavy (non-hydrogen) atoms. The first-order valence-electron chi connectivity index (χ1n) is 3.91. The highest BCUT2D eigenvalue weighted by atomic mass is 16.5. The Kier molecular flexibility index (Phi) is 2.84. The second-order valence-electron chi connectivity index (χ2n) is 2.65. The van der Waals surface area contributed by atoms with Crippen molar-refractivity contribution in [3.63, 3.8) is 0 Å². The molecule has 1 N–H and O–H groups in total. The van der Waals surface area contributed by atoms with Crippen LogP contribution in [0.5, 0.6) is 5.88 Å². The summed E-state index contributed by atoms with van der Waals surface area (Å²) in [7, 11) is 3.06. The zero-order chi connectivity index (χ0) is 9.84.